The van der Waals surface area contributed by atoms with Crippen LogP contribution in [0, 0.1) is 5.92 Å². The van der Waals surface area contributed by atoms with Crippen molar-refractivity contribution in [1.29, 1.82) is 0 Å². The molecule has 1 atom stereocenters. The van der Waals surface area contributed by atoms with Crippen molar-refractivity contribution in [2.75, 3.05) is 43.5 Å². The number of anilines is 3. The van der Waals surface area contributed by atoms with Crippen LogP contribution in [0.1, 0.15) is 58.8 Å². The van der Waals surface area contributed by atoms with Crippen molar-refractivity contribution in [3.05, 3.63) is 94.4 Å². The number of likely N-dealkylation sites (tertiary alicyclic amines) is 1. The number of carbonyl (C=O) groups excluding carboxylic acids is 3. The first-order valence-electron chi connectivity index (χ1n) is 17.9. The number of fused-ring (bicyclic) bond motifs is 2. The van der Waals surface area contributed by atoms with Crippen LogP contribution in [0.3, 0.4) is 0 Å². The Labute approximate surface area is 311 Å². The lowest BCUT2D eigenvalue weighted by molar-refractivity contribution is -0.134. The van der Waals surface area contributed by atoms with Crippen LogP contribution in [0.4, 0.5) is 17.2 Å². The molecule has 3 aliphatic rings. The van der Waals surface area contributed by atoms with E-state index in [2.05, 4.69) is 49.7 Å². The minimum atomic E-state index is -0.586. The Morgan fingerprint density at radius 2 is 1.87 bits per heavy atom. The number of piperidine rings is 2. The fourth-order valence-corrected chi connectivity index (χ4v) is 7.93. The Bertz CT molecular complexity index is 2220. The number of nitrogens with zero attached hydrogens (tertiary/aromatic N) is 6. The van der Waals surface area contributed by atoms with Gasteiger partial charge in [-0.05, 0) is 91.7 Å². The largest absolute Gasteiger partial charge is 0.493 e. The number of pyridine rings is 1. The van der Waals surface area contributed by atoms with E-state index in [4.69, 9.17) is 32.2 Å². The number of amides is 3. The van der Waals surface area contributed by atoms with Crippen molar-refractivity contribution < 1.29 is 19.1 Å². The van der Waals surface area contributed by atoms with Crippen LogP contribution in [-0.2, 0) is 22.6 Å². The first kappa shape index (κ1) is 34.6. The molecule has 6 heterocycles. The molecule has 3 aromatic heterocycles. The van der Waals surface area contributed by atoms with E-state index >= 15 is 0 Å². The minimum Gasteiger partial charge on any atom is -0.493 e. The molecule has 2 fully saturated rings. The Kier molecular flexibility index (Phi) is 9.44. The second-order valence-corrected chi connectivity index (χ2v) is 14.3. The topological polar surface area (TPSA) is 160 Å². The highest BCUT2D eigenvalue weighted by Gasteiger charge is 2.30. The number of primary amides is 1. The van der Waals surface area contributed by atoms with Gasteiger partial charge < -0.3 is 20.7 Å². The monoisotopic (exact) mass is 733 g/mol. The average molecular weight is 734 g/mol. The predicted molar refractivity (Wildman–Crippen MR) is 202 cm³/mol. The molecule has 3 aliphatic heterocycles. The summed E-state index contributed by atoms with van der Waals surface area (Å²) < 4.78 is 7.69. The third-order valence-corrected chi connectivity index (χ3v) is 10.9. The van der Waals surface area contributed by atoms with E-state index in [9.17, 15) is 14.4 Å². The number of aromatic nitrogens is 4. The summed E-state index contributed by atoms with van der Waals surface area (Å²) in [6, 6.07) is 17.9. The van der Waals surface area contributed by atoms with Crippen molar-refractivity contribution in [2.45, 2.75) is 44.6 Å². The quantitative estimate of drug-likeness (QED) is 0.165. The third kappa shape index (κ3) is 6.89. The van der Waals surface area contributed by atoms with Gasteiger partial charge in [-0.25, -0.2) is 9.50 Å². The molecule has 13 nitrogen and oxygen atoms in total. The van der Waals surface area contributed by atoms with Crippen LogP contribution in [0.5, 0.6) is 5.75 Å². The molecule has 272 valence electrons. The SMILES string of the molecule is CNc1cc(N2CCc3c(-c4ccc(CN5CCC(COc6ccc(Cl)c(C7CCC(=O)NC7=O)c6)CC5)cn4)cccc32)nn2c(C(N)=O)cnc12. The summed E-state index contributed by atoms with van der Waals surface area (Å²) in [7, 11) is 1.81. The smallest absolute Gasteiger partial charge is 0.269 e. The number of hydrogen-bond donors (Lipinski definition) is 3. The molecule has 2 aromatic carbocycles. The fourth-order valence-electron chi connectivity index (χ4n) is 7.68. The standard InChI is InChI=1S/C39H40ClN9O4/c1-42-32-18-35(46-49-34(37(41)51)20-44-38(32)49)48-16-13-27-26(3-2-4-33(27)48)31-9-5-24(19-43-31)21-47-14-11-23(12-15-47)22-53-25-6-8-30(40)29(17-25)28-7-10-36(50)45-39(28)52/h2-6,8-9,17-20,23,28,42H,7,10-16,21-22H2,1H3,(H2,41,51)(H,45,50,52). The van der Waals surface area contributed by atoms with Crippen LogP contribution in [0.2, 0.25) is 5.02 Å². The van der Waals surface area contributed by atoms with E-state index in [0.29, 0.717) is 53.2 Å². The zero-order chi connectivity index (χ0) is 36.6. The molecular weight excluding hydrogens is 694 g/mol. The van der Waals surface area contributed by atoms with Gasteiger partial charge in [-0.2, -0.15) is 0 Å². The third-order valence-electron chi connectivity index (χ3n) is 10.6. The molecule has 0 bridgehead atoms. The van der Waals surface area contributed by atoms with Crippen molar-refractivity contribution >= 4 is 52.2 Å². The highest BCUT2D eigenvalue weighted by Crippen LogP contribution is 2.40. The average Bonchev–Trinajstić information content (AvgIpc) is 3.80. The van der Waals surface area contributed by atoms with Crippen molar-refractivity contribution in [3.63, 3.8) is 0 Å². The maximum atomic E-state index is 12.4. The predicted octanol–water partition coefficient (Wildman–Crippen LogP) is 5.09. The van der Waals surface area contributed by atoms with Crippen LogP contribution in [0.15, 0.2) is 67.0 Å². The Morgan fingerprint density at radius 3 is 2.62 bits per heavy atom. The molecule has 0 aliphatic carbocycles. The van der Waals surface area contributed by atoms with Crippen LogP contribution < -0.4 is 26.0 Å². The first-order valence-corrected chi connectivity index (χ1v) is 18.3. The maximum Gasteiger partial charge on any atom is 0.269 e. The molecule has 0 radical (unpaired) electrons. The first-order chi connectivity index (χ1) is 25.7. The Balaban J connectivity index is 0.882. The van der Waals surface area contributed by atoms with E-state index in [0.717, 1.165) is 68.1 Å². The number of benzene rings is 2. The van der Waals surface area contributed by atoms with E-state index in [1.807, 2.05) is 37.5 Å². The normalized spacial score (nSPS) is 17.9. The lowest BCUT2D eigenvalue weighted by atomic mass is 9.90. The van der Waals surface area contributed by atoms with Gasteiger partial charge in [-0.15, -0.1) is 5.10 Å². The van der Waals surface area contributed by atoms with E-state index in [1.54, 1.807) is 6.07 Å². The summed E-state index contributed by atoms with van der Waals surface area (Å²) in [6.07, 6.45) is 7.05. The molecule has 3 amide bonds. The molecule has 53 heavy (non-hydrogen) atoms. The number of imidazole rings is 1. The minimum absolute atomic E-state index is 0.229. The van der Waals surface area contributed by atoms with Gasteiger partial charge in [0.05, 0.1) is 30.1 Å². The summed E-state index contributed by atoms with van der Waals surface area (Å²) in [5.74, 6) is 0.219. The van der Waals surface area contributed by atoms with Gasteiger partial charge in [-0.3, -0.25) is 29.6 Å². The number of nitrogens with one attached hydrogen (secondary N) is 2. The summed E-state index contributed by atoms with van der Waals surface area (Å²) in [6.45, 7) is 4.09. The molecule has 0 saturated carbocycles. The zero-order valence-electron chi connectivity index (χ0n) is 29.3. The van der Waals surface area contributed by atoms with Gasteiger partial charge in [0.2, 0.25) is 11.8 Å². The second kappa shape index (κ2) is 14.5. The van der Waals surface area contributed by atoms with Gasteiger partial charge in [0.15, 0.2) is 11.5 Å². The van der Waals surface area contributed by atoms with Crippen molar-refractivity contribution in [2.24, 2.45) is 11.7 Å². The van der Waals surface area contributed by atoms with Crippen LogP contribution >= 0.6 is 11.6 Å². The molecule has 5 aromatic rings. The van der Waals surface area contributed by atoms with E-state index < -0.39 is 11.8 Å². The van der Waals surface area contributed by atoms with Gasteiger partial charge in [0, 0.05) is 55.1 Å². The number of halogens is 1. The molecule has 14 heteroatoms. The Morgan fingerprint density at radius 1 is 1.02 bits per heavy atom. The van der Waals surface area contributed by atoms with E-state index in [1.165, 1.54) is 21.8 Å². The molecular formula is C39H40ClN9O4. The summed E-state index contributed by atoms with van der Waals surface area (Å²) in [5, 5.41) is 10.8. The van der Waals surface area contributed by atoms with Crippen molar-refractivity contribution in [3.8, 4) is 17.0 Å². The second-order valence-electron chi connectivity index (χ2n) is 13.9. The van der Waals surface area contributed by atoms with E-state index in [-0.39, 0.29) is 17.5 Å². The molecule has 2 saturated heterocycles. The molecule has 1 unspecified atom stereocenters. The molecule has 4 N–H and O–H groups in total. The zero-order valence-corrected chi connectivity index (χ0v) is 30.1. The lowest BCUT2D eigenvalue weighted by Crippen LogP contribution is -2.39. The molecule has 0 spiro atoms. The summed E-state index contributed by atoms with van der Waals surface area (Å²) in [4.78, 5) is 49.9. The van der Waals surface area contributed by atoms with Crippen LogP contribution in [-0.4, -0.2) is 75.5 Å². The number of carbonyl (C=O) groups is 3. The highest BCUT2D eigenvalue weighted by atomic mass is 35.5. The number of imide groups is 1. The Hall–Kier alpha value is -5.53. The summed E-state index contributed by atoms with van der Waals surface area (Å²) >= 11 is 6.43. The molecule has 8 rings (SSSR count). The number of nitrogens with two attached hydrogens (primary N) is 1. The number of hydrogen-bond acceptors (Lipinski definition) is 10. The van der Waals surface area contributed by atoms with Crippen LogP contribution in [0.25, 0.3) is 16.9 Å². The van der Waals surface area contributed by atoms with Gasteiger partial charge >= 0.3 is 0 Å². The van der Waals surface area contributed by atoms with Crippen molar-refractivity contribution in [1.82, 2.24) is 29.8 Å². The van der Waals surface area contributed by atoms with Gasteiger partial charge in [0.1, 0.15) is 11.4 Å². The number of ether oxygens (including phenoxy) is 1. The fraction of sp³-hybridized carbons (Fsp3) is 0.333. The highest BCUT2D eigenvalue weighted by molar-refractivity contribution is 6.31. The van der Waals surface area contributed by atoms with Gasteiger partial charge in [-0.1, -0.05) is 29.8 Å². The van der Waals surface area contributed by atoms with Gasteiger partial charge in [0.25, 0.3) is 5.91 Å². The lowest BCUT2D eigenvalue weighted by Gasteiger charge is -2.32. The summed E-state index contributed by atoms with van der Waals surface area (Å²) in [5.41, 5.74) is 13.3. The maximum absolute atomic E-state index is 12.4. The number of rotatable bonds is 10.